The minimum atomic E-state index is 0.983. The van der Waals surface area contributed by atoms with Crippen molar-refractivity contribution in [3.63, 3.8) is 0 Å². The Balaban J connectivity index is 2.33. The van der Waals surface area contributed by atoms with E-state index in [0.717, 1.165) is 21.8 Å². The van der Waals surface area contributed by atoms with Gasteiger partial charge < -0.3 is 0 Å². The quantitative estimate of drug-likeness (QED) is 0.615. The van der Waals surface area contributed by atoms with Crippen LogP contribution in [0.25, 0.3) is 16.1 Å². The smallest absolute Gasteiger partial charge is 0.169 e. The van der Waals surface area contributed by atoms with Gasteiger partial charge in [-0.15, -0.1) is 11.3 Å². The molecule has 0 fully saturated rings. The molecule has 0 atom stereocenters. The second kappa shape index (κ2) is 5.69. The zero-order valence-electron chi connectivity index (χ0n) is 10.8. The van der Waals surface area contributed by atoms with E-state index in [-0.39, 0.29) is 0 Å². The first-order chi connectivity index (χ1) is 8.74. The Morgan fingerprint density at radius 1 is 1.39 bits per heavy atom. The van der Waals surface area contributed by atoms with Crippen molar-refractivity contribution in [2.24, 2.45) is 12.0 Å². The van der Waals surface area contributed by atoms with Crippen molar-refractivity contribution in [3.8, 4) is 10.6 Å². The lowest BCUT2D eigenvalue weighted by atomic mass is 10.2. The van der Waals surface area contributed by atoms with Crippen molar-refractivity contribution in [1.82, 2.24) is 4.98 Å². The van der Waals surface area contributed by atoms with E-state index < -0.39 is 0 Å². The van der Waals surface area contributed by atoms with E-state index in [1.165, 1.54) is 0 Å². The third-order valence-electron chi connectivity index (χ3n) is 2.60. The van der Waals surface area contributed by atoms with Gasteiger partial charge in [0, 0.05) is 41.9 Å². The number of aliphatic imine (C=N–C) groups is 1. The van der Waals surface area contributed by atoms with Gasteiger partial charge >= 0.3 is 0 Å². The van der Waals surface area contributed by atoms with Crippen LogP contribution >= 0.6 is 11.3 Å². The molecule has 4 heteroatoms. The van der Waals surface area contributed by atoms with Gasteiger partial charge in [-0.2, -0.15) is 0 Å². The number of hydrogen-bond acceptors (Lipinski definition) is 3. The summed E-state index contributed by atoms with van der Waals surface area (Å²) in [6.07, 6.45) is 7.92. The Bertz CT molecular complexity index is 579. The van der Waals surface area contributed by atoms with Crippen molar-refractivity contribution in [1.29, 1.82) is 0 Å². The summed E-state index contributed by atoms with van der Waals surface area (Å²) in [6, 6.07) is 4.15. The number of allylic oxidation sites excluding steroid dienone is 2. The van der Waals surface area contributed by atoms with Crippen LogP contribution in [0.2, 0.25) is 0 Å². The van der Waals surface area contributed by atoms with Gasteiger partial charge in [-0.3, -0.25) is 4.99 Å². The van der Waals surface area contributed by atoms with Crippen LogP contribution in [0.3, 0.4) is 0 Å². The van der Waals surface area contributed by atoms with Gasteiger partial charge in [-0.1, -0.05) is 6.08 Å². The highest BCUT2D eigenvalue weighted by Crippen LogP contribution is 2.25. The first-order valence-corrected chi connectivity index (χ1v) is 6.62. The maximum atomic E-state index is 4.65. The molecule has 0 saturated carbocycles. The number of rotatable bonds is 3. The summed E-state index contributed by atoms with van der Waals surface area (Å²) in [5.74, 6) is 0. The van der Waals surface area contributed by atoms with Gasteiger partial charge in [0.2, 0.25) is 0 Å². The van der Waals surface area contributed by atoms with Crippen LogP contribution in [0.1, 0.15) is 12.6 Å². The molecule has 0 saturated heterocycles. The zero-order chi connectivity index (χ0) is 13.0. The minimum absolute atomic E-state index is 0.983. The third-order valence-corrected chi connectivity index (χ3v) is 3.50. The van der Waals surface area contributed by atoms with Crippen molar-refractivity contribution in [3.05, 3.63) is 41.7 Å². The highest BCUT2D eigenvalue weighted by Gasteiger charge is 2.07. The SMILES string of the molecule is CC=C(C=NC)c1csc(-c2cc[n+](C)cc2)n1. The minimum Gasteiger partial charge on any atom is -0.296 e. The molecule has 0 bridgehead atoms. The predicted octanol–water partition coefficient (Wildman–Crippen LogP) is 2.74. The van der Waals surface area contributed by atoms with Gasteiger partial charge in [0.05, 0.1) is 5.69 Å². The molecule has 3 nitrogen and oxygen atoms in total. The number of pyridine rings is 1. The molecule has 0 unspecified atom stereocenters. The van der Waals surface area contributed by atoms with Crippen molar-refractivity contribution < 1.29 is 4.57 Å². The molecule has 0 aliphatic carbocycles. The maximum Gasteiger partial charge on any atom is 0.169 e. The zero-order valence-corrected chi connectivity index (χ0v) is 11.6. The van der Waals surface area contributed by atoms with Crippen LogP contribution in [-0.4, -0.2) is 18.2 Å². The molecule has 2 aromatic rings. The largest absolute Gasteiger partial charge is 0.296 e. The van der Waals surface area contributed by atoms with Crippen LogP contribution in [0.4, 0.5) is 0 Å². The molecule has 18 heavy (non-hydrogen) atoms. The topological polar surface area (TPSA) is 29.1 Å². The lowest BCUT2D eigenvalue weighted by molar-refractivity contribution is -0.671. The standard InChI is InChI=1S/C14H16N3S/c1-4-11(9-15-2)13-10-18-14(16-13)12-5-7-17(3)8-6-12/h4-10H,1-3H3/q+1. The Hall–Kier alpha value is -1.81. The molecule has 92 valence electrons. The number of aromatic nitrogens is 2. The average Bonchev–Trinajstić information content (AvgIpc) is 2.86. The van der Waals surface area contributed by atoms with Crippen molar-refractivity contribution in [2.45, 2.75) is 6.92 Å². The van der Waals surface area contributed by atoms with Gasteiger partial charge in [-0.25, -0.2) is 9.55 Å². The lowest BCUT2D eigenvalue weighted by Gasteiger charge is -1.95. The molecular weight excluding hydrogens is 242 g/mol. The predicted molar refractivity (Wildman–Crippen MR) is 76.8 cm³/mol. The molecule has 0 amide bonds. The van der Waals surface area contributed by atoms with Gasteiger partial charge in [0.15, 0.2) is 12.4 Å². The van der Waals surface area contributed by atoms with Crippen molar-refractivity contribution >= 4 is 23.1 Å². The molecule has 2 aromatic heterocycles. The monoisotopic (exact) mass is 258 g/mol. The van der Waals surface area contributed by atoms with E-state index in [1.54, 1.807) is 18.4 Å². The molecule has 0 aliphatic rings. The van der Waals surface area contributed by atoms with Crippen LogP contribution < -0.4 is 4.57 Å². The highest BCUT2D eigenvalue weighted by atomic mass is 32.1. The van der Waals surface area contributed by atoms with E-state index in [1.807, 2.05) is 43.2 Å². The molecule has 0 aliphatic heterocycles. The van der Waals surface area contributed by atoms with E-state index in [9.17, 15) is 0 Å². The Morgan fingerprint density at radius 3 is 2.72 bits per heavy atom. The summed E-state index contributed by atoms with van der Waals surface area (Å²) >= 11 is 1.66. The first kappa shape index (κ1) is 12.6. The van der Waals surface area contributed by atoms with Crippen LogP contribution in [0.15, 0.2) is 41.0 Å². The van der Waals surface area contributed by atoms with Gasteiger partial charge in [0.25, 0.3) is 0 Å². The Morgan fingerprint density at radius 2 is 2.11 bits per heavy atom. The van der Waals surface area contributed by atoms with E-state index in [4.69, 9.17) is 0 Å². The molecule has 0 spiro atoms. The Kier molecular flexibility index (Phi) is 3.99. The summed E-state index contributed by atoms with van der Waals surface area (Å²) in [5.41, 5.74) is 3.19. The molecule has 0 aromatic carbocycles. The van der Waals surface area contributed by atoms with E-state index in [0.29, 0.717) is 0 Å². The molecule has 0 N–H and O–H groups in total. The number of aryl methyl sites for hydroxylation is 1. The summed E-state index contributed by atoms with van der Waals surface area (Å²) < 4.78 is 2.01. The van der Waals surface area contributed by atoms with Crippen molar-refractivity contribution in [2.75, 3.05) is 7.05 Å². The van der Waals surface area contributed by atoms with Crippen LogP contribution in [0, 0.1) is 0 Å². The second-order valence-corrected chi connectivity index (χ2v) is 4.78. The summed E-state index contributed by atoms with van der Waals surface area (Å²) in [4.78, 5) is 8.69. The van der Waals surface area contributed by atoms with Crippen LogP contribution in [0.5, 0.6) is 0 Å². The second-order valence-electron chi connectivity index (χ2n) is 3.92. The first-order valence-electron chi connectivity index (χ1n) is 5.74. The summed E-state index contributed by atoms with van der Waals surface area (Å²) in [7, 11) is 3.78. The average molecular weight is 258 g/mol. The normalized spacial score (nSPS) is 12.3. The summed E-state index contributed by atoms with van der Waals surface area (Å²) in [5, 5.41) is 3.11. The van der Waals surface area contributed by atoms with Crippen LogP contribution in [-0.2, 0) is 7.05 Å². The number of hydrogen-bond donors (Lipinski definition) is 0. The molecule has 0 radical (unpaired) electrons. The number of nitrogens with zero attached hydrogens (tertiary/aromatic N) is 3. The van der Waals surface area contributed by atoms with Gasteiger partial charge in [-0.05, 0) is 6.92 Å². The highest BCUT2D eigenvalue weighted by molar-refractivity contribution is 7.13. The maximum absolute atomic E-state index is 4.65. The molecule has 2 heterocycles. The number of thiazole rings is 1. The fraction of sp³-hybridized carbons (Fsp3) is 0.214. The molecular formula is C14H16N3S+. The van der Waals surface area contributed by atoms with Gasteiger partial charge in [0.1, 0.15) is 12.1 Å². The van der Waals surface area contributed by atoms with E-state index >= 15 is 0 Å². The van der Waals surface area contributed by atoms with E-state index in [2.05, 4.69) is 27.5 Å². The third kappa shape index (κ3) is 2.71. The fourth-order valence-corrected chi connectivity index (χ4v) is 2.45. The molecule has 2 rings (SSSR count). The Labute approximate surface area is 111 Å². The lowest BCUT2D eigenvalue weighted by Crippen LogP contribution is -2.25. The fourth-order valence-electron chi connectivity index (χ4n) is 1.61. The summed E-state index contributed by atoms with van der Waals surface area (Å²) in [6.45, 7) is 2.00.